The third-order valence-electron chi connectivity index (χ3n) is 10.4. The van der Waals surface area contributed by atoms with E-state index in [1.807, 2.05) is 60.7 Å². The molecule has 0 saturated carbocycles. The molecule has 0 saturated heterocycles. The van der Waals surface area contributed by atoms with Crippen molar-refractivity contribution in [3.63, 3.8) is 0 Å². The van der Waals surface area contributed by atoms with Gasteiger partial charge in [0.05, 0.1) is 16.7 Å². The van der Waals surface area contributed by atoms with Crippen molar-refractivity contribution in [3.05, 3.63) is 182 Å². The molecule has 8 aromatic carbocycles. The van der Waals surface area contributed by atoms with Crippen molar-refractivity contribution in [1.29, 1.82) is 0 Å². The van der Waals surface area contributed by atoms with Gasteiger partial charge >= 0.3 is 0 Å². The minimum atomic E-state index is 0.586. The zero-order chi connectivity index (χ0) is 35.6. The van der Waals surface area contributed by atoms with Crippen LogP contribution < -0.4 is 0 Å². The average Bonchev–Trinajstić information content (AvgIpc) is 3.80. The molecule has 0 fully saturated rings. The minimum absolute atomic E-state index is 0.586. The molecule has 11 aromatic rings. The highest BCUT2D eigenvalue weighted by Gasteiger charge is 2.22. The second-order valence-electron chi connectivity index (χ2n) is 13.6. The highest BCUT2D eigenvalue weighted by molar-refractivity contribution is 6.22. The molecule has 3 aromatic heterocycles. The third kappa shape index (κ3) is 4.76. The average molecular weight is 691 g/mol. The van der Waals surface area contributed by atoms with E-state index in [9.17, 15) is 0 Å². The van der Waals surface area contributed by atoms with Gasteiger partial charge in [-0.05, 0) is 52.2 Å². The standard InChI is InChI=1S/C49H30N4O/c1-4-14-31(15-5-1)37-27-29-42(53-40-23-13-12-22-38(40)44-36-21-11-10-16-32(36)25-28-41(44)53)46-45(37)39-26-24-35(30-43(39)54-46)49-51-47(33-17-6-2-7-18-33)50-48(52-49)34-19-8-3-9-20-34/h1-30H. The molecule has 11 rings (SSSR count). The van der Waals surface area contributed by atoms with Crippen LogP contribution in [0.3, 0.4) is 0 Å². The summed E-state index contributed by atoms with van der Waals surface area (Å²) in [4.78, 5) is 14.9. The Morgan fingerprint density at radius 1 is 0.389 bits per heavy atom. The van der Waals surface area contributed by atoms with E-state index in [4.69, 9.17) is 19.4 Å². The first-order chi connectivity index (χ1) is 26.8. The van der Waals surface area contributed by atoms with Crippen molar-refractivity contribution in [2.45, 2.75) is 0 Å². The lowest BCUT2D eigenvalue weighted by Crippen LogP contribution is -2.00. The highest BCUT2D eigenvalue weighted by Crippen LogP contribution is 2.44. The van der Waals surface area contributed by atoms with Crippen molar-refractivity contribution in [2.24, 2.45) is 0 Å². The van der Waals surface area contributed by atoms with Gasteiger partial charge in [-0.3, -0.25) is 0 Å². The fraction of sp³-hybridized carbons (Fsp3) is 0. The Kier molecular flexibility index (Phi) is 6.79. The fourth-order valence-electron chi connectivity index (χ4n) is 7.98. The summed E-state index contributed by atoms with van der Waals surface area (Å²) in [6, 6.07) is 63.2. The monoisotopic (exact) mass is 690 g/mol. The summed E-state index contributed by atoms with van der Waals surface area (Å²) in [5, 5.41) is 7.00. The van der Waals surface area contributed by atoms with Gasteiger partial charge in [0.25, 0.3) is 0 Å². The topological polar surface area (TPSA) is 56.7 Å². The molecular weight excluding hydrogens is 661 g/mol. The maximum atomic E-state index is 7.05. The molecule has 0 atom stereocenters. The summed E-state index contributed by atoms with van der Waals surface area (Å²) in [5.74, 6) is 1.83. The molecule has 54 heavy (non-hydrogen) atoms. The number of rotatable bonds is 5. The number of hydrogen-bond donors (Lipinski definition) is 0. The normalized spacial score (nSPS) is 11.7. The zero-order valence-corrected chi connectivity index (χ0v) is 29.0. The molecule has 252 valence electrons. The van der Waals surface area contributed by atoms with Gasteiger partial charge in [-0.15, -0.1) is 0 Å². The number of fused-ring (bicyclic) bond motifs is 8. The Labute approximate surface area is 310 Å². The number of aromatic nitrogens is 4. The van der Waals surface area contributed by atoms with Crippen LogP contribution in [0.15, 0.2) is 186 Å². The lowest BCUT2D eigenvalue weighted by atomic mass is 9.98. The largest absolute Gasteiger partial charge is 0.454 e. The molecule has 5 heteroatoms. The van der Waals surface area contributed by atoms with Gasteiger partial charge in [-0.25, -0.2) is 15.0 Å². The Balaban J connectivity index is 1.18. The first-order valence-electron chi connectivity index (χ1n) is 18.1. The van der Waals surface area contributed by atoms with Gasteiger partial charge in [0, 0.05) is 38.2 Å². The Morgan fingerprint density at radius 2 is 0.981 bits per heavy atom. The van der Waals surface area contributed by atoms with E-state index in [2.05, 4.69) is 126 Å². The molecule has 0 unspecified atom stereocenters. The van der Waals surface area contributed by atoms with Crippen molar-refractivity contribution in [2.75, 3.05) is 0 Å². The molecule has 0 radical (unpaired) electrons. The van der Waals surface area contributed by atoms with Crippen LogP contribution in [-0.4, -0.2) is 19.5 Å². The van der Waals surface area contributed by atoms with Gasteiger partial charge < -0.3 is 8.98 Å². The second-order valence-corrected chi connectivity index (χ2v) is 13.6. The number of nitrogens with zero attached hydrogens (tertiary/aromatic N) is 4. The maximum absolute atomic E-state index is 7.05. The Hall–Kier alpha value is -7.37. The van der Waals surface area contributed by atoms with Gasteiger partial charge in [0.1, 0.15) is 5.58 Å². The lowest BCUT2D eigenvalue weighted by molar-refractivity contribution is 0.666. The van der Waals surface area contributed by atoms with Crippen LogP contribution in [0, 0.1) is 0 Å². The first-order valence-corrected chi connectivity index (χ1v) is 18.1. The molecule has 3 heterocycles. The van der Waals surface area contributed by atoms with Crippen LogP contribution in [0.25, 0.3) is 105 Å². The van der Waals surface area contributed by atoms with E-state index < -0.39 is 0 Å². The van der Waals surface area contributed by atoms with Crippen LogP contribution in [-0.2, 0) is 0 Å². The highest BCUT2D eigenvalue weighted by atomic mass is 16.3. The molecule has 0 bridgehead atoms. The van der Waals surface area contributed by atoms with E-state index in [0.717, 1.165) is 66.5 Å². The number of hydrogen-bond acceptors (Lipinski definition) is 4. The fourth-order valence-corrected chi connectivity index (χ4v) is 7.98. The van der Waals surface area contributed by atoms with E-state index in [-0.39, 0.29) is 0 Å². The van der Waals surface area contributed by atoms with Crippen LogP contribution in [0.2, 0.25) is 0 Å². The quantitative estimate of drug-likeness (QED) is 0.180. The molecule has 0 amide bonds. The number of para-hydroxylation sites is 1. The van der Waals surface area contributed by atoms with Gasteiger partial charge in [0.2, 0.25) is 0 Å². The first kappa shape index (κ1) is 30.3. The Morgan fingerprint density at radius 3 is 1.69 bits per heavy atom. The molecule has 0 spiro atoms. The van der Waals surface area contributed by atoms with Crippen LogP contribution in [0.5, 0.6) is 0 Å². The van der Waals surface area contributed by atoms with E-state index in [1.165, 1.54) is 21.5 Å². The Bertz CT molecular complexity index is 3140. The van der Waals surface area contributed by atoms with Gasteiger partial charge in [-0.1, -0.05) is 152 Å². The summed E-state index contributed by atoms with van der Waals surface area (Å²) in [6.07, 6.45) is 0. The lowest BCUT2D eigenvalue weighted by Gasteiger charge is -2.12. The van der Waals surface area contributed by atoms with Crippen LogP contribution in [0.1, 0.15) is 0 Å². The minimum Gasteiger partial charge on any atom is -0.454 e. The summed E-state index contributed by atoms with van der Waals surface area (Å²) in [6.45, 7) is 0. The van der Waals surface area contributed by atoms with Crippen molar-refractivity contribution < 1.29 is 4.42 Å². The molecule has 5 nitrogen and oxygen atoms in total. The van der Waals surface area contributed by atoms with Gasteiger partial charge in [-0.2, -0.15) is 0 Å². The van der Waals surface area contributed by atoms with Crippen molar-refractivity contribution in [1.82, 2.24) is 19.5 Å². The summed E-state index contributed by atoms with van der Waals surface area (Å²) >= 11 is 0. The molecule has 0 aliphatic heterocycles. The van der Waals surface area contributed by atoms with Crippen molar-refractivity contribution >= 4 is 54.5 Å². The smallest absolute Gasteiger partial charge is 0.164 e. The summed E-state index contributed by atoms with van der Waals surface area (Å²) in [5.41, 5.74) is 9.80. The SMILES string of the molecule is c1ccc(-c2nc(-c3ccccc3)nc(-c3ccc4c(c3)oc3c(-n5c6ccccc6c6c7ccccc7ccc65)ccc(-c5ccccc5)c34)n2)cc1. The van der Waals surface area contributed by atoms with E-state index in [1.54, 1.807) is 0 Å². The molecule has 0 aliphatic rings. The predicted molar refractivity (Wildman–Crippen MR) is 221 cm³/mol. The van der Waals surface area contributed by atoms with Crippen LogP contribution in [0.4, 0.5) is 0 Å². The van der Waals surface area contributed by atoms with Crippen molar-refractivity contribution in [3.8, 4) is 51.0 Å². The van der Waals surface area contributed by atoms with E-state index >= 15 is 0 Å². The zero-order valence-electron chi connectivity index (χ0n) is 29.0. The summed E-state index contributed by atoms with van der Waals surface area (Å²) < 4.78 is 9.42. The third-order valence-corrected chi connectivity index (χ3v) is 10.4. The second kappa shape index (κ2) is 12.1. The molecule has 0 N–H and O–H groups in total. The van der Waals surface area contributed by atoms with Gasteiger partial charge in [0.15, 0.2) is 23.1 Å². The number of benzene rings is 8. The molecule has 0 aliphatic carbocycles. The van der Waals surface area contributed by atoms with E-state index in [0.29, 0.717) is 17.5 Å². The number of furan rings is 1. The van der Waals surface area contributed by atoms with Crippen LogP contribution >= 0.6 is 0 Å². The maximum Gasteiger partial charge on any atom is 0.164 e. The molecular formula is C49H30N4O. The summed E-state index contributed by atoms with van der Waals surface area (Å²) in [7, 11) is 0. The predicted octanol–water partition coefficient (Wildman–Crippen LogP) is 12.7.